The molecular formula is C14H27ClO4S. The maximum absolute atomic E-state index is 11.5. The first-order valence-corrected chi connectivity index (χ1v) is 9.96. The lowest BCUT2D eigenvalue weighted by atomic mass is 9.82. The molecule has 0 radical (unpaired) electrons. The van der Waals surface area contributed by atoms with Gasteiger partial charge < -0.3 is 9.47 Å². The Kier molecular flexibility index (Phi) is 7.80. The van der Waals surface area contributed by atoms with Gasteiger partial charge >= 0.3 is 0 Å². The lowest BCUT2D eigenvalue weighted by Gasteiger charge is -2.32. The Labute approximate surface area is 127 Å². The minimum atomic E-state index is -3.51. The molecule has 0 N–H and O–H groups in total. The fraction of sp³-hybridized carbons (Fsp3) is 1.00. The van der Waals surface area contributed by atoms with Gasteiger partial charge in [0.25, 0.3) is 0 Å². The molecule has 0 bridgehead atoms. The summed E-state index contributed by atoms with van der Waals surface area (Å²) in [7, 11) is 1.98. The summed E-state index contributed by atoms with van der Waals surface area (Å²) in [5.41, 5.74) is -0.344. The molecule has 1 heterocycles. The lowest BCUT2D eigenvalue weighted by Crippen LogP contribution is -2.34. The van der Waals surface area contributed by atoms with E-state index in [9.17, 15) is 8.42 Å². The van der Waals surface area contributed by atoms with E-state index in [-0.39, 0.29) is 11.2 Å². The molecule has 1 aliphatic heterocycles. The van der Waals surface area contributed by atoms with Crippen LogP contribution >= 0.6 is 10.7 Å². The summed E-state index contributed by atoms with van der Waals surface area (Å²) in [6.45, 7) is 6.81. The van der Waals surface area contributed by atoms with Gasteiger partial charge in [-0.2, -0.15) is 0 Å². The second-order valence-corrected chi connectivity index (χ2v) is 8.70. The zero-order valence-corrected chi connectivity index (χ0v) is 14.1. The first kappa shape index (κ1) is 18.2. The van der Waals surface area contributed by atoms with Crippen molar-refractivity contribution in [1.82, 2.24) is 0 Å². The second kappa shape index (κ2) is 8.57. The normalized spacial score (nSPS) is 20.4. The maximum atomic E-state index is 11.5. The Morgan fingerprint density at radius 2 is 1.95 bits per heavy atom. The molecule has 0 amide bonds. The summed E-state index contributed by atoms with van der Waals surface area (Å²) in [5.74, 6) is 0.452. The molecular weight excluding hydrogens is 300 g/mol. The van der Waals surface area contributed by atoms with Crippen LogP contribution in [0.1, 0.15) is 46.0 Å². The zero-order chi connectivity index (χ0) is 15.1. The average Bonchev–Trinajstić information content (AvgIpc) is 2.80. The summed E-state index contributed by atoms with van der Waals surface area (Å²) in [6.07, 6.45) is 4.55. The van der Waals surface area contributed by atoms with Crippen LogP contribution in [0.25, 0.3) is 0 Å². The molecule has 1 unspecified atom stereocenters. The highest BCUT2D eigenvalue weighted by atomic mass is 35.7. The van der Waals surface area contributed by atoms with Crippen LogP contribution < -0.4 is 0 Å². The van der Waals surface area contributed by atoms with Gasteiger partial charge in [-0.15, -0.1) is 0 Å². The molecule has 0 saturated carbocycles. The highest BCUT2D eigenvalue weighted by molar-refractivity contribution is 8.13. The monoisotopic (exact) mass is 326 g/mol. The number of hydrogen-bond acceptors (Lipinski definition) is 4. The highest BCUT2D eigenvalue weighted by Gasteiger charge is 2.34. The van der Waals surface area contributed by atoms with Crippen molar-refractivity contribution < 1.29 is 17.9 Å². The quantitative estimate of drug-likeness (QED) is 0.578. The predicted molar refractivity (Wildman–Crippen MR) is 81.6 cm³/mol. The molecule has 1 rings (SSSR count). The van der Waals surface area contributed by atoms with Crippen molar-refractivity contribution in [2.24, 2.45) is 11.3 Å². The highest BCUT2D eigenvalue weighted by Crippen LogP contribution is 2.33. The van der Waals surface area contributed by atoms with Crippen molar-refractivity contribution >= 4 is 19.7 Å². The van der Waals surface area contributed by atoms with E-state index in [0.29, 0.717) is 19.1 Å². The lowest BCUT2D eigenvalue weighted by molar-refractivity contribution is 0.0229. The minimum absolute atomic E-state index is 0.00437. The number of ether oxygens (including phenoxy) is 2. The third kappa shape index (κ3) is 6.74. The Bertz CT molecular complexity index is 357. The molecule has 1 atom stereocenters. The van der Waals surface area contributed by atoms with E-state index < -0.39 is 9.05 Å². The van der Waals surface area contributed by atoms with Gasteiger partial charge in [0.1, 0.15) is 0 Å². The molecule has 120 valence electrons. The minimum Gasteiger partial charge on any atom is -0.381 e. The Hall–Kier alpha value is 0.160. The molecule has 1 saturated heterocycles. The van der Waals surface area contributed by atoms with E-state index in [1.54, 1.807) is 0 Å². The van der Waals surface area contributed by atoms with Crippen LogP contribution in [0.5, 0.6) is 0 Å². The summed E-state index contributed by atoms with van der Waals surface area (Å²) in [6, 6.07) is 0. The van der Waals surface area contributed by atoms with E-state index in [1.165, 1.54) is 0 Å². The summed E-state index contributed by atoms with van der Waals surface area (Å²) in [4.78, 5) is 0. The van der Waals surface area contributed by atoms with Crippen LogP contribution in [0, 0.1) is 11.3 Å². The molecule has 0 spiro atoms. The van der Waals surface area contributed by atoms with Gasteiger partial charge in [-0.1, -0.05) is 26.7 Å². The van der Waals surface area contributed by atoms with Gasteiger partial charge in [-0.25, -0.2) is 8.42 Å². The van der Waals surface area contributed by atoms with Crippen molar-refractivity contribution in [3.05, 3.63) is 0 Å². The summed E-state index contributed by atoms with van der Waals surface area (Å²) >= 11 is 0. The SMILES string of the molecule is CCCC(CCC)(COCC1CCOC1)CS(=O)(=O)Cl. The topological polar surface area (TPSA) is 52.6 Å². The van der Waals surface area contributed by atoms with Gasteiger partial charge in [0, 0.05) is 28.6 Å². The third-order valence-electron chi connectivity index (χ3n) is 3.83. The van der Waals surface area contributed by atoms with Crippen molar-refractivity contribution in [3.8, 4) is 0 Å². The van der Waals surface area contributed by atoms with Gasteiger partial charge in [0.05, 0.1) is 25.6 Å². The van der Waals surface area contributed by atoms with Gasteiger partial charge in [-0.3, -0.25) is 0 Å². The van der Waals surface area contributed by atoms with E-state index >= 15 is 0 Å². The van der Waals surface area contributed by atoms with Crippen LogP contribution in [0.15, 0.2) is 0 Å². The molecule has 1 aliphatic rings. The van der Waals surface area contributed by atoms with Crippen molar-refractivity contribution in [3.63, 3.8) is 0 Å². The smallest absolute Gasteiger partial charge is 0.233 e. The molecule has 0 aromatic carbocycles. The molecule has 20 heavy (non-hydrogen) atoms. The molecule has 4 nitrogen and oxygen atoms in total. The first-order valence-electron chi connectivity index (χ1n) is 7.48. The molecule has 0 aliphatic carbocycles. The van der Waals surface area contributed by atoms with Gasteiger partial charge in [0.2, 0.25) is 9.05 Å². The predicted octanol–water partition coefficient (Wildman–Crippen LogP) is 3.19. The zero-order valence-electron chi connectivity index (χ0n) is 12.6. The first-order chi connectivity index (χ1) is 9.41. The maximum Gasteiger partial charge on any atom is 0.233 e. The summed E-state index contributed by atoms with van der Waals surface area (Å²) in [5, 5.41) is 0. The fourth-order valence-electron chi connectivity index (χ4n) is 3.04. The summed E-state index contributed by atoms with van der Waals surface area (Å²) < 4.78 is 34.2. The Morgan fingerprint density at radius 3 is 2.40 bits per heavy atom. The van der Waals surface area contributed by atoms with E-state index in [1.807, 2.05) is 0 Å². The third-order valence-corrected chi connectivity index (χ3v) is 5.11. The number of halogens is 1. The van der Waals surface area contributed by atoms with Crippen molar-refractivity contribution in [2.75, 3.05) is 32.2 Å². The van der Waals surface area contributed by atoms with Crippen LogP contribution in [-0.2, 0) is 18.5 Å². The molecule has 0 aromatic heterocycles. The average molecular weight is 327 g/mol. The Balaban J connectivity index is 2.58. The van der Waals surface area contributed by atoms with E-state index in [0.717, 1.165) is 45.3 Å². The van der Waals surface area contributed by atoms with Crippen molar-refractivity contribution in [2.45, 2.75) is 46.0 Å². The van der Waals surface area contributed by atoms with Crippen LogP contribution in [0.2, 0.25) is 0 Å². The van der Waals surface area contributed by atoms with Crippen LogP contribution in [0.3, 0.4) is 0 Å². The van der Waals surface area contributed by atoms with Crippen LogP contribution in [0.4, 0.5) is 0 Å². The van der Waals surface area contributed by atoms with Gasteiger partial charge in [0.15, 0.2) is 0 Å². The van der Waals surface area contributed by atoms with Gasteiger partial charge in [-0.05, 0) is 19.3 Å². The van der Waals surface area contributed by atoms with E-state index in [2.05, 4.69) is 13.8 Å². The fourth-order valence-corrected chi connectivity index (χ4v) is 4.84. The van der Waals surface area contributed by atoms with Crippen LogP contribution in [-0.4, -0.2) is 40.6 Å². The molecule has 6 heteroatoms. The standard InChI is InChI=1S/C14H27ClO4S/c1-3-6-14(7-4-2,12-20(15,16)17)11-19-10-13-5-8-18-9-13/h13H,3-12H2,1-2H3. The Morgan fingerprint density at radius 1 is 1.30 bits per heavy atom. The largest absolute Gasteiger partial charge is 0.381 e. The molecule has 1 fully saturated rings. The molecule has 0 aromatic rings. The second-order valence-electron chi connectivity index (χ2n) is 5.93. The number of rotatable bonds is 10. The van der Waals surface area contributed by atoms with Crippen molar-refractivity contribution in [1.29, 1.82) is 0 Å². The van der Waals surface area contributed by atoms with E-state index in [4.69, 9.17) is 20.2 Å². The number of hydrogen-bond donors (Lipinski definition) is 0.